The predicted octanol–water partition coefficient (Wildman–Crippen LogP) is 4.17. The van der Waals surface area contributed by atoms with Crippen molar-refractivity contribution in [3.05, 3.63) is 29.8 Å². The highest BCUT2D eigenvalue weighted by Gasteiger charge is 2.51. The maximum Gasteiger partial charge on any atom is 0.118 e. The van der Waals surface area contributed by atoms with Crippen LogP contribution in [0.3, 0.4) is 0 Å². The molecule has 0 spiro atoms. The minimum atomic E-state index is -0.482. The molecule has 24 heavy (non-hydrogen) atoms. The number of aliphatic hydroxyl groups is 1. The lowest BCUT2D eigenvalue weighted by molar-refractivity contribution is 0.105. The van der Waals surface area contributed by atoms with Crippen LogP contribution in [0.15, 0.2) is 24.3 Å². The molecule has 0 heterocycles. The second kappa shape index (κ2) is 7.05. The molecule has 1 aromatic rings. The molecule has 5 unspecified atom stereocenters. The third-order valence-corrected chi connectivity index (χ3v) is 6.90. The minimum absolute atomic E-state index is 0.0556. The maximum atomic E-state index is 10.5. The Labute approximate surface area is 146 Å². The quantitative estimate of drug-likeness (QED) is 0.788. The van der Waals surface area contributed by atoms with Gasteiger partial charge >= 0.3 is 0 Å². The van der Waals surface area contributed by atoms with Gasteiger partial charge in [-0.15, -0.1) is 0 Å². The van der Waals surface area contributed by atoms with Crippen LogP contribution in [-0.4, -0.2) is 24.8 Å². The number of nitrogens with one attached hydrogen (secondary N) is 1. The molecule has 0 radical (unpaired) electrons. The van der Waals surface area contributed by atoms with Crippen molar-refractivity contribution in [2.75, 3.05) is 13.7 Å². The molecule has 0 saturated heterocycles. The second-order valence-electron chi connectivity index (χ2n) is 8.45. The zero-order valence-electron chi connectivity index (χ0n) is 15.6. The number of hydrogen-bond acceptors (Lipinski definition) is 3. The van der Waals surface area contributed by atoms with E-state index in [2.05, 4.69) is 26.1 Å². The van der Waals surface area contributed by atoms with Crippen LogP contribution >= 0.6 is 0 Å². The van der Waals surface area contributed by atoms with Crippen molar-refractivity contribution in [2.24, 2.45) is 23.2 Å². The van der Waals surface area contributed by atoms with Gasteiger partial charge in [0.25, 0.3) is 0 Å². The summed E-state index contributed by atoms with van der Waals surface area (Å²) in [5.41, 5.74) is 1.44. The van der Waals surface area contributed by atoms with Crippen LogP contribution in [0.1, 0.15) is 58.1 Å². The van der Waals surface area contributed by atoms with E-state index in [1.807, 2.05) is 24.3 Å². The average Bonchev–Trinajstić information content (AvgIpc) is 3.15. The molecule has 3 nitrogen and oxygen atoms in total. The topological polar surface area (TPSA) is 41.5 Å². The summed E-state index contributed by atoms with van der Waals surface area (Å²) in [6.07, 6.45) is 5.07. The highest BCUT2D eigenvalue weighted by atomic mass is 16.5. The molecule has 5 atom stereocenters. The first-order chi connectivity index (χ1) is 11.4. The number of methoxy groups -OCH3 is 1. The summed E-state index contributed by atoms with van der Waals surface area (Å²) in [7, 11) is 1.66. The molecule has 2 bridgehead atoms. The normalized spacial score (nSPS) is 30.3. The van der Waals surface area contributed by atoms with E-state index in [1.54, 1.807) is 7.11 Å². The summed E-state index contributed by atoms with van der Waals surface area (Å²) in [5, 5.41) is 14.1. The summed E-state index contributed by atoms with van der Waals surface area (Å²) in [5.74, 6) is 3.54. The Balaban J connectivity index is 1.49. The van der Waals surface area contributed by atoms with Crippen LogP contribution < -0.4 is 10.1 Å². The number of ether oxygens (including phenoxy) is 1. The monoisotopic (exact) mass is 331 g/mol. The number of benzene rings is 1. The zero-order valence-corrected chi connectivity index (χ0v) is 15.6. The van der Waals surface area contributed by atoms with Crippen molar-refractivity contribution in [3.63, 3.8) is 0 Å². The van der Waals surface area contributed by atoms with E-state index >= 15 is 0 Å². The summed E-state index contributed by atoms with van der Waals surface area (Å²) >= 11 is 0. The molecule has 134 valence electrons. The van der Waals surface area contributed by atoms with E-state index in [9.17, 15) is 5.11 Å². The van der Waals surface area contributed by atoms with Gasteiger partial charge in [0.05, 0.1) is 13.2 Å². The van der Waals surface area contributed by atoms with Gasteiger partial charge in [0.15, 0.2) is 0 Å². The lowest BCUT2D eigenvalue weighted by atomic mass is 9.67. The third kappa shape index (κ3) is 3.34. The van der Waals surface area contributed by atoms with Crippen molar-refractivity contribution in [1.82, 2.24) is 5.32 Å². The Morgan fingerprint density at radius 1 is 1.25 bits per heavy atom. The zero-order chi connectivity index (χ0) is 17.3. The van der Waals surface area contributed by atoms with Gasteiger partial charge in [-0.1, -0.05) is 26.0 Å². The van der Waals surface area contributed by atoms with Crippen LogP contribution in [0.4, 0.5) is 0 Å². The van der Waals surface area contributed by atoms with Crippen molar-refractivity contribution in [2.45, 2.75) is 58.6 Å². The van der Waals surface area contributed by atoms with Crippen molar-refractivity contribution >= 4 is 0 Å². The van der Waals surface area contributed by atoms with Gasteiger partial charge in [0, 0.05) is 6.04 Å². The molecule has 0 amide bonds. The maximum absolute atomic E-state index is 10.5. The van der Waals surface area contributed by atoms with Crippen LogP contribution in [0.5, 0.6) is 5.75 Å². The smallest absolute Gasteiger partial charge is 0.118 e. The van der Waals surface area contributed by atoms with E-state index < -0.39 is 6.10 Å². The summed E-state index contributed by atoms with van der Waals surface area (Å²) < 4.78 is 5.18. The van der Waals surface area contributed by atoms with Crippen molar-refractivity contribution < 1.29 is 9.84 Å². The Morgan fingerprint density at radius 2 is 1.96 bits per heavy atom. The van der Waals surface area contributed by atoms with E-state index in [4.69, 9.17) is 4.74 Å². The standard InChI is InChI=1S/C21H33NO2/c1-14(20(23)15-6-9-18(24-4)10-7-15)22-12-11-19-16-5-8-17(13-16)21(19,2)3/h6-7,9-10,14,16-17,19-20,22-23H,5,8,11-13H2,1-4H3. The molecule has 2 aliphatic carbocycles. The molecular weight excluding hydrogens is 298 g/mol. The van der Waals surface area contributed by atoms with E-state index in [0.717, 1.165) is 35.6 Å². The van der Waals surface area contributed by atoms with Crippen LogP contribution in [0, 0.1) is 23.2 Å². The SMILES string of the molecule is COc1ccc(C(O)C(C)NCCC2C3CCC(C3)C2(C)C)cc1. The fraction of sp³-hybridized carbons (Fsp3) is 0.714. The average molecular weight is 332 g/mol. The van der Waals surface area contributed by atoms with Gasteiger partial charge in [-0.05, 0) is 80.0 Å². The van der Waals surface area contributed by atoms with Gasteiger partial charge in [-0.2, -0.15) is 0 Å². The van der Waals surface area contributed by atoms with Gasteiger partial charge in [-0.25, -0.2) is 0 Å². The Morgan fingerprint density at radius 3 is 2.54 bits per heavy atom. The molecule has 2 N–H and O–H groups in total. The van der Waals surface area contributed by atoms with Crippen LogP contribution in [0.2, 0.25) is 0 Å². The fourth-order valence-electron chi connectivity index (χ4n) is 5.24. The van der Waals surface area contributed by atoms with E-state index in [1.165, 1.54) is 25.7 Å². The van der Waals surface area contributed by atoms with E-state index in [0.29, 0.717) is 5.41 Å². The van der Waals surface area contributed by atoms with Crippen molar-refractivity contribution in [3.8, 4) is 5.75 Å². The largest absolute Gasteiger partial charge is 0.497 e. The van der Waals surface area contributed by atoms with Gasteiger partial charge in [-0.3, -0.25) is 0 Å². The van der Waals surface area contributed by atoms with Crippen LogP contribution in [-0.2, 0) is 0 Å². The molecule has 1 aromatic carbocycles. The molecular formula is C21H33NO2. The number of rotatable bonds is 7. The first-order valence-electron chi connectivity index (χ1n) is 9.49. The second-order valence-corrected chi connectivity index (χ2v) is 8.45. The highest BCUT2D eigenvalue weighted by molar-refractivity contribution is 5.29. The number of aliphatic hydroxyl groups excluding tert-OH is 1. The molecule has 2 fully saturated rings. The van der Waals surface area contributed by atoms with Gasteiger partial charge in [0.2, 0.25) is 0 Å². The number of hydrogen-bond donors (Lipinski definition) is 2. The predicted molar refractivity (Wildman–Crippen MR) is 98.1 cm³/mol. The molecule has 3 rings (SSSR count). The fourth-order valence-corrected chi connectivity index (χ4v) is 5.24. The highest BCUT2D eigenvalue weighted by Crippen LogP contribution is 2.60. The van der Waals surface area contributed by atoms with Gasteiger partial charge in [0.1, 0.15) is 5.75 Å². The molecule has 2 aliphatic rings. The number of fused-ring (bicyclic) bond motifs is 2. The lowest BCUT2D eigenvalue weighted by Gasteiger charge is -2.38. The molecule has 3 heteroatoms. The Hall–Kier alpha value is -1.06. The lowest BCUT2D eigenvalue weighted by Crippen LogP contribution is -2.37. The summed E-state index contributed by atoms with van der Waals surface area (Å²) in [6.45, 7) is 8.00. The molecule has 0 aliphatic heterocycles. The van der Waals surface area contributed by atoms with Gasteiger partial charge < -0.3 is 15.2 Å². The summed E-state index contributed by atoms with van der Waals surface area (Å²) in [6, 6.07) is 7.76. The third-order valence-electron chi connectivity index (χ3n) is 6.90. The first kappa shape index (κ1) is 17.8. The first-order valence-corrected chi connectivity index (χ1v) is 9.49. The summed E-state index contributed by atoms with van der Waals surface area (Å²) in [4.78, 5) is 0. The Kier molecular flexibility index (Phi) is 5.22. The van der Waals surface area contributed by atoms with Crippen LogP contribution in [0.25, 0.3) is 0 Å². The molecule has 0 aromatic heterocycles. The Bertz CT molecular complexity index is 539. The van der Waals surface area contributed by atoms with E-state index in [-0.39, 0.29) is 6.04 Å². The molecule has 2 saturated carbocycles. The van der Waals surface area contributed by atoms with Crippen molar-refractivity contribution in [1.29, 1.82) is 0 Å². The minimum Gasteiger partial charge on any atom is -0.497 e.